The normalized spacial score (nSPS) is 30.0. The molecule has 0 unspecified atom stereocenters. The van der Waals surface area contributed by atoms with E-state index in [2.05, 4.69) is 23.4 Å². The number of carbonyl (C=O) groups is 4. The zero-order chi connectivity index (χ0) is 30.4. The molecule has 4 saturated heterocycles. The predicted molar refractivity (Wildman–Crippen MR) is 153 cm³/mol. The Bertz CT molecular complexity index is 1030. The first kappa shape index (κ1) is 32.1. The number of aliphatic hydroxyl groups excluding tert-OH is 1. The fourth-order valence-corrected chi connectivity index (χ4v) is 6.81. The van der Waals surface area contributed by atoms with Gasteiger partial charge in [0.2, 0.25) is 17.7 Å². The average Bonchev–Trinajstić information content (AvgIpc) is 3.64. The fourth-order valence-electron chi connectivity index (χ4n) is 6.81. The molecule has 234 valence electrons. The summed E-state index contributed by atoms with van der Waals surface area (Å²) in [5.41, 5.74) is -1.19. The quantitative estimate of drug-likeness (QED) is 0.201. The second-order valence-corrected chi connectivity index (χ2v) is 11.7. The third-order valence-corrected chi connectivity index (χ3v) is 8.91. The molecule has 2 bridgehead atoms. The smallest absolute Gasteiger partial charge is 0.312 e. The Balaban J connectivity index is 1.52. The van der Waals surface area contributed by atoms with Crippen LogP contribution in [0.25, 0.3) is 0 Å². The van der Waals surface area contributed by atoms with Crippen LogP contribution in [0.1, 0.15) is 39.5 Å². The summed E-state index contributed by atoms with van der Waals surface area (Å²) >= 11 is 0. The molecular formula is C30H46N4O8. The van der Waals surface area contributed by atoms with Gasteiger partial charge in [-0.1, -0.05) is 12.2 Å². The third kappa shape index (κ3) is 6.41. The van der Waals surface area contributed by atoms with Crippen LogP contribution in [0.15, 0.2) is 25.3 Å². The first-order valence-corrected chi connectivity index (χ1v) is 15.1. The summed E-state index contributed by atoms with van der Waals surface area (Å²) in [5.74, 6) is -3.17. The Morgan fingerprint density at radius 3 is 2.64 bits per heavy atom. The SMILES string of the molecule is C=CCCC(=O)NC[C@@H](C)OC(=O)[C@@H]1[C@H]2C(=O)N([C@H](C)CO)[C@H](C(=O)N(CC=C)CCN3CCOCC3)[C@]23CC[C@H]1O3. The molecule has 3 amide bonds. The van der Waals surface area contributed by atoms with Crippen molar-refractivity contribution in [2.75, 3.05) is 59.1 Å². The van der Waals surface area contributed by atoms with Crippen molar-refractivity contribution in [3.05, 3.63) is 25.3 Å². The molecule has 2 N–H and O–H groups in total. The number of hydrogen-bond donors (Lipinski definition) is 2. The van der Waals surface area contributed by atoms with Crippen LogP contribution in [0.4, 0.5) is 0 Å². The van der Waals surface area contributed by atoms with Gasteiger partial charge in [-0.15, -0.1) is 13.2 Å². The van der Waals surface area contributed by atoms with E-state index < -0.39 is 47.7 Å². The van der Waals surface area contributed by atoms with Gasteiger partial charge in [0.15, 0.2) is 0 Å². The maximum atomic E-state index is 14.3. The number of esters is 1. The molecular weight excluding hydrogens is 544 g/mol. The highest BCUT2D eigenvalue weighted by Gasteiger charge is 2.75. The van der Waals surface area contributed by atoms with Gasteiger partial charge in [-0.25, -0.2) is 0 Å². The van der Waals surface area contributed by atoms with Gasteiger partial charge in [-0.3, -0.25) is 24.1 Å². The number of ether oxygens (including phenoxy) is 3. The molecule has 12 nitrogen and oxygen atoms in total. The van der Waals surface area contributed by atoms with E-state index in [1.165, 1.54) is 4.90 Å². The van der Waals surface area contributed by atoms with E-state index >= 15 is 0 Å². The molecule has 4 fully saturated rings. The Labute approximate surface area is 248 Å². The summed E-state index contributed by atoms with van der Waals surface area (Å²) in [6.07, 6.45) is 3.95. The fraction of sp³-hybridized carbons (Fsp3) is 0.733. The molecule has 7 atom stereocenters. The number of rotatable bonds is 15. The molecule has 0 aromatic rings. The first-order valence-electron chi connectivity index (χ1n) is 15.1. The number of nitrogens with zero attached hydrogens (tertiary/aromatic N) is 3. The largest absolute Gasteiger partial charge is 0.460 e. The van der Waals surface area contributed by atoms with Crippen LogP contribution in [0.3, 0.4) is 0 Å². The number of amides is 3. The van der Waals surface area contributed by atoms with E-state index in [0.717, 1.165) is 13.1 Å². The number of allylic oxidation sites excluding steroid dienone is 1. The number of nitrogens with one attached hydrogen (secondary N) is 1. The molecule has 12 heteroatoms. The van der Waals surface area contributed by atoms with Crippen molar-refractivity contribution in [1.29, 1.82) is 0 Å². The molecule has 42 heavy (non-hydrogen) atoms. The summed E-state index contributed by atoms with van der Waals surface area (Å²) in [6, 6.07) is -1.63. The zero-order valence-electron chi connectivity index (χ0n) is 24.9. The van der Waals surface area contributed by atoms with Crippen molar-refractivity contribution in [1.82, 2.24) is 20.0 Å². The van der Waals surface area contributed by atoms with Crippen molar-refractivity contribution >= 4 is 23.7 Å². The molecule has 4 heterocycles. The van der Waals surface area contributed by atoms with Gasteiger partial charge >= 0.3 is 5.97 Å². The van der Waals surface area contributed by atoms with E-state index in [0.29, 0.717) is 58.5 Å². The average molecular weight is 591 g/mol. The number of morpholine rings is 1. The second-order valence-electron chi connectivity index (χ2n) is 11.7. The molecule has 0 aromatic carbocycles. The van der Waals surface area contributed by atoms with Gasteiger partial charge in [0.1, 0.15) is 17.7 Å². The highest BCUT2D eigenvalue weighted by Crippen LogP contribution is 2.59. The van der Waals surface area contributed by atoms with Crippen LogP contribution in [-0.2, 0) is 33.4 Å². The standard InChI is InChI=1S/C30H46N4O8/c1-5-7-8-23(36)31-18-21(4)41-29(39)24-22-9-10-30(42-22)25(24)27(37)34(20(3)19-35)26(30)28(38)33(11-6-2)13-12-32-14-16-40-17-15-32/h5-6,20-22,24-26,35H,1-2,7-19H2,3-4H3,(H,31,36)/t20-,21-,22-,24+,25+,26-,30+/m1/s1. The molecule has 4 aliphatic rings. The minimum Gasteiger partial charge on any atom is -0.460 e. The third-order valence-electron chi connectivity index (χ3n) is 8.91. The topological polar surface area (TPSA) is 138 Å². The Hall–Kier alpha value is -2.80. The van der Waals surface area contributed by atoms with Crippen LogP contribution in [-0.4, -0.2) is 132 Å². The summed E-state index contributed by atoms with van der Waals surface area (Å²) < 4.78 is 17.6. The van der Waals surface area contributed by atoms with Crippen LogP contribution in [0.5, 0.6) is 0 Å². The molecule has 1 spiro atoms. The Morgan fingerprint density at radius 2 is 1.98 bits per heavy atom. The molecule has 0 aliphatic carbocycles. The summed E-state index contributed by atoms with van der Waals surface area (Å²) in [5, 5.41) is 12.8. The lowest BCUT2D eigenvalue weighted by molar-refractivity contribution is -0.160. The summed E-state index contributed by atoms with van der Waals surface area (Å²) in [6.45, 7) is 14.8. The molecule has 0 aromatic heterocycles. The number of fused-ring (bicyclic) bond motifs is 1. The zero-order valence-corrected chi connectivity index (χ0v) is 24.9. The summed E-state index contributed by atoms with van der Waals surface area (Å²) in [4.78, 5) is 59.2. The number of carbonyl (C=O) groups excluding carboxylic acids is 4. The first-order chi connectivity index (χ1) is 20.2. The highest BCUT2D eigenvalue weighted by atomic mass is 16.6. The lowest BCUT2D eigenvalue weighted by Gasteiger charge is -2.39. The van der Waals surface area contributed by atoms with E-state index in [4.69, 9.17) is 14.2 Å². The van der Waals surface area contributed by atoms with Gasteiger partial charge in [-0.2, -0.15) is 0 Å². The van der Waals surface area contributed by atoms with Crippen molar-refractivity contribution in [3.8, 4) is 0 Å². The number of likely N-dealkylation sites (tertiary alicyclic amines) is 1. The number of aliphatic hydroxyl groups is 1. The van der Waals surface area contributed by atoms with Gasteiger partial charge in [0.05, 0.1) is 50.3 Å². The van der Waals surface area contributed by atoms with E-state index in [9.17, 15) is 24.3 Å². The molecule has 0 radical (unpaired) electrons. The molecule has 0 saturated carbocycles. The molecule has 4 aliphatic heterocycles. The minimum atomic E-state index is -1.19. The Morgan fingerprint density at radius 1 is 1.24 bits per heavy atom. The maximum Gasteiger partial charge on any atom is 0.312 e. The van der Waals surface area contributed by atoms with Gasteiger partial charge in [0.25, 0.3) is 0 Å². The van der Waals surface area contributed by atoms with E-state index in [-0.39, 0.29) is 30.9 Å². The van der Waals surface area contributed by atoms with Crippen LogP contribution < -0.4 is 5.32 Å². The monoisotopic (exact) mass is 590 g/mol. The highest BCUT2D eigenvalue weighted by molar-refractivity contribution is 5.98. The van der Waals surface area contributed by atoms with Crippen molar-refractivity contribution < 1.29 is 38.5 Å². The predicted octanol–water partition coefficient (Wildman–Crippen LogP) is 0.103. The van der Waals surface area contributed by atoms with Gasteiger partial charge in [0, 0.05) is 39.1 Å². The van der Waals surface area contributed by atoms with Gasteiger partial charge < -0.3 is 34.4 Å². The molecule has 4 rings (SSSR count). The minimum absolute atomic E-state index is 0.137. The van der Waals surface area contributed by atoms with Crippen molar-refractivity contribution in [3.63, 3.8) is 0 Å². The van der Waals surface area contributed by atoms with Crippen molar-refractivity contribution in [2.24, 2.45) is 11.8 Å². The van der Waals surface area contributed by atoms with Crippen LogP contribution in [0.2, 0.25) is 0 Å². The second kappa shape index (κ2) is 14.1. The summed E-state index contributed by atoms with van der Waals surface area (Å²) in [7, 11) is 0. The van der Waals surface area contributed by atoms with E-state index in [1.807, 2.05) is 0 Å². The van der Waals surface area contributed by atoms with Gasteiger partial charge in [-0.05, 0) is 33.1 Å². The Kier molecular flexibility index (Phi) is 10.8. The van der Waals surface area contributed by atoms with Crippen LogP contribution in [0, 0.1) is 11.8 Å². The van der Waals surface area contributed by atoms with Crippen molar-refractivity contribution in [2.45, 2.75) is 69.4 Å². The van der Waals surface area contributed by atoms with E-state index in [1.54, 1.807) is 30.9 Å². The number of hydrogen-bond acceptors (Lipinski definition) is 9. The maximum absolute atomic E-state index is 14.3. The lowest BCUT2D eigenvalue weighted by atomic mass is 9.70. The van der Waals surface area contributed by atoms with Crippen LogP contribution >= 0.6 is 0 Å². The lowest BCUT2D eigenvalue weighted by Crippen LogP contribution is -2.59.